The standard InChI is InChI=1S/C12H11N3O3/c1-13-12(16)10-7-6-9(14-10)8-4-2-3-5-11(8)15(17)18/h2-7,14H,1H3,(H,13,16). The van der Waals surface area contributed by atoms with Crippen LogP contribution in [0.25, 0.3) is 11.3 Å². The summed E-state index contributed by atoms with van der Waals surface area (Å²) >= 11 is 0. The quantitative estimate of drug-likeness (QED) is 0.639. The van der Waals surface area contributed by atoms with Gasteiger partial charge in [-0.3, -0.25) is 14.9 Å². The number of para-hydroxylation sites is 1. The van der Waals surface area contributed by atoms with Gasteiger partial charge in [0, 0.05) is 13.1 Å². The molecule has 0 saturated carbocycles. The van der Waals surface area contributed by atoms with Crippen LogP contribution < -0.4 is 5.32 Å². The lowest BCUT2D eigenvalue weighted by molar-refractivity contribution is -0.384. The van der Waals surface area contributed by atoms with E-state index < -0.39 is 4.92 Å². The van der Waals surface area contributed by atoms with Gasteiger partial charge in [0.05, 0.1) is 16.2 Å². The van der Waals surface area contributed by atoms with Crippen molar-refractivity contribution in [2.75, 3.05) is 7.05 Å². The molecule has 0 bridgehead atoms. The van der Waals surface area contributed by atoms with E-state index in [1.807, 2.05) is 0 Å². The molecule has 18 heavy (non-hydrogen) atoms. The smallest absolute Gasteiger partial charge is 0.278 e. The van der Waals surface area contributed by atoms with Crippen LogP contribution in [0.3, 0.4) is 0 Å². The molecule has 1 amide bonds. The van der Waals surface area contributed by atoms with Crippen molar-refractivity contribution in [1.29, 1.82) is 0 Å². The molecule has 1 aromatic carbocycles. The van der Waals surface area contributed by atoms with Crippen LogP contribution in [0.1, 0.15) is 10.5 Å². The van der Waals surface area contributed by atoms with Crippen molar-refractivity contribution in [3.05, 3.63) is 52.2 Å². The Bertz CT molecular complexity index is 604. The number of rotatable bonds is 3. The Morgan fingerprint density at radius 3 is 2.67 bits per heavy atom. The highest BCUT2D eigenvalue weighted by Crippen LogP contribution is 2.28. The van der Waals surface area contributed by atoms with Crippen LogP contribution in [0.4, 0.5) is 5.69 Å². The van der Waals surface area contributed by atoms with Crippen molar-refractivity contribution in [1.82, 2.24) is 10.3 Å². The van der Waals surface area contributed by atoms with Crippen LogP contribution in [0.2, 0.25) is 0 Å². The number of nitro benzene ring substituents is 1. The first kappa shape index (κ1) is 11.8. The number of amides is 1. The molecule has 6 nitrogen and oxygen atoms in total. The van der Waals surface area contributed by atoms with Gasteiger partial charge in [-0.15, -0.1) is 0 Å². The minimum atomic E-state index is -0.449. The number of carbonyl (C=O) groups excluding carboxylic acids is 1. The van der Waals surface area contributed by atoms with Crippen LogP contribution in [-0.4, -0.2) is 22.9 Å². The summed E-state index contributed by atoms with van der Waals surface area (Å²) in [4.78, 5) is 24.7. The van der Waals surface area contributed by atoms with Crippen molar-refractivity contribution in [2.24, 2.45) is 0 Å². The molecule has 0 aliphatic rings. The van der Waals surface area contributed by atoms with Gasteiger partial charge in [0.2, 0.25) is 0 Å². The third kappa shape index (κ3) is 2.08. The highest BCUT2D eigenvalue weighted by atomic mass is 16.6. The van der Waals surface area contributed by atoms with Crippen LogP contribution in [0.5, 0.6) is 0 Å². The summed E-state index contributed by atoms with van der Waals surface area (Å²) in [5.74, 6) is -0.264. The Kier molecular flexibility index (Phi) is 3.09. The molecular weight excluding hydrogens is 234 g/mol. The minimum Gasteiger partial charge on any atom is -0.354 e. The van der Waals surface area contributed by atoms with E-state index in [9.17, 15) is 14.9 Å². The average molecular weight is 245 g/mol. The number of nitrogens with zero attached hydrogens (tertiary/aromatic N) is 1. The molecule has 92 valence electrons. The summed E-state index contributed by atoms with van der Waals surface area (Å²) in [7, 11) is 1.52. The molecule has 0 unspecified atom stereocenters. The van der Waals surface area contributed by atoms with E-state index in [1.54, 1.807) is 30.3 Å². The van der Waals surface area contributed by atoms with Gasteiger partial charge in [-0.1, -0.05) is 12.1 Å². The van der Waals surface area contributed by atoms with E-state index in [2.05, 4.69) is 10.3 Å². The summed E-state index contributed by atoms with van der Waals surface area (Å²) in [6.45, 7) is 0. The molecule has 0 aliphatic heterocycles. The van der Waals surface area contributed by atoms with E-state index in [-0.39, 0.29) is 11.6 Å². The zero-order valence-electron chi connectivity index (χ0n) is 9.64. The molecule has 0 atom stereocenters. The Morgan fingerprint density at radius 1 is 1.28 bits per heavy atom. The van der Waals surface area contributed by atoms with Gasteiger partial charge in [0.25, 0.3) is 11.6 Å². The van der Waals surface area contributed by atoms with E-state index in [0.29, 0.717) is 17.0 Å². The molecule has 6 heteroatoms. The van der Waals surface area contributed by atoms with E-state index >= 15 is 0 Å². The first-order valence-corrected chi connectivity index (χ1v) is 5.28. The maximum atomic E-state index is 11.4. The molecule has 0 aliphatic carbocycles. The first-order valence-electron chi connectivity index (χ1n) is 5.28. The number of hydrogen-bond donors (Lipinski definition) is 2. The van der Waals surface area contributed by atoms with Crippen molar-refractivity contribution in [2.45, 2.75) is 0 Å². The Labute approximate surface area is 103 Å². The Morgan fingerprint density at radius 2 is 2.00 bits per heavy atom. The molecule has 0 spiro atoms. The highest BCUT2D eigenvalue weighted by Gasteiger charge is 2.16. The van der Waals surface area contributed by atoms with E-state index in [4.69, 9.17) is 0 Å². The minimum absolute atomic E-state index is 0.00260. The fraction of sp³-hybridized carbons (Fsp3) is 0.0833. The SMILES string of the molecule is CNC(=O)c1ccc(-c2ccccc2[N+](=O)[O-])[nH]1. The van der Waals surface area contributed by atoms with Gasteiger partial charge in [-0.05, 0) is 18.2 Å². The summed E-state index contributed by atoms with van der Waals surface area (Å²) in [6.07, 6.45) is 0. The largest absolute Gasteiger partial charge is 0.354 e. The van der Waals surface area contributed by atoms with Crippen molar-refractivity contribution >= 4 is 11.6 Å². The van der Waals surface area contributed by atoms with E-state index in [0.717, 1.165) is 0 Å². The second-order valence-corrected chi connectivity index (χ2v) is 3.64. The second-order valence-electron chi connectivity index (χ2n) is 3.64. The van der Waals surface area contributed by atoms with Gasteiger partial charge in [-0.2, -0.15) is 0 Å². The monoisotopic (exact) mass is 245 g/mol. The number of nitrogens with one attached hydrogen (secondary N) is 2. The fourth-order valence-electron chi connectivity index (χ4n) is 1.68. The Hall–Kier alpha value is -2.63. The molecule has 2 aromatic rings. The molecular formula is C12H11N3O3. The number of aromatic amines is 1. The topological polar surface area (TPSA) is 88.0 Å². The summed E-state index contributed by atoms with van der Waals surface area (Å²) < 4.78 is 0. The number of nitro groups is 1. The molecule has 2 rings (SSSR count). The van der Waals surface area contributed by atoms with Crippen LogP contribution >= 0.6 is 0 Å². The highest BCUT2D eigenvalue weighted by molar-refractivity contribution is 5.93. The lowest BCUT2D eigenvalue weighted by atomic mass is 10.1. The second kappa shape index (κ2) is 4.70. The predicted molar refractivity (Wildman–Crippen MR) is 66.3 cm³/mol. The number of hydrogen-bond acceptors (Lipinski definition) is 3. The lowest BCUT2D eigenvalue weighted by Gasteiger charge is -2.00. The maximum Gasteiger partial charge on any atom is 0.278 e. The van der Waals surface area contributed by atoms with Crippen molar-refractivity contribution in [3.63, 3.8) is 0 Å². The van der Waals surface area contributed by atoms with Crippen molar-refractivity contribution < 1.29 is 9.72 Å². The normalized spacial score (nSPS) is 10.1. The van der Waals surface area contributed by atoms with Gasteiger partial charge < -0.3 is 10.3 Å². The number of H-pyrrole nitrogens is 1. The van der Waals surface area contributed by atoms with Crippen LogP contribution in [-0.2, 0) is 0 Å². The van der Waals surface area contributed by atoms with Gasteiger partial charge in [-0.25, -0.2) is 0 Å². The molecule has 2 N–H and O–H groups in total. The number of carbonyl (C=O) groups is 1. The predicted octanol–water partition coefficient (Wildman–Crippen LogP) is 1.95. The summed E-state index contributed by atoms with van der Waals surface area (Å²) in [6, 6.07) is 9.61. The molecule has 0 fully saturated rings. The lowest BCUT2D eigenvalue weighted by Crippen LogP contribution is -2.17. The first-order chi connectivity index (χ1) is 8.63. The summed E-state index contributed by atoms with van der Waals surface area (Å²) in [5, 5.41) is 13.4. The average Bonchev–Trinajstić information content (AvgIpc) is 2.87. The Balaban J connectivity index is 2.46. The van der Waals surface area contributed by atoms with Crippen LogP contribution in [0.15, 0.2) is 36.4 Å². The molecule has 1 heterocycles. The fourth-order valence-corrected chi connectivity index (χ4v) is 1.68. The maximum absolute atomic E-state index is 11.4. The van der Waals surface area contributed by atoms with Gasteiger partial charge in [0.1, 0.15) is 5.69 Å². The molecule has 1 aromatic heterocycles. The molecule has 0 radical (unpaired) electrons. The van der Waals surface area contributed by atoms with Crippen LogP contribution in [0, 0.1) is 10.1 Å². The summed E-state index contributed by atoms with van der Waals surface area (Å²) in [5.41, 5.74) is 1.37. The number of aromatic nitrogens is 1. The third-order valence-corrected chi connectivity index (χ3v) is 2.55. The van der Waals surface area contributed by atoms with Gasteiger partial charge >= 0.3 is 0 Å². The van der Waals surface area contributed by atoms with E-state index in [1.165, 1.54) is 13.1 Å². The number of benzene rings is 1. The van der Waals surface area contributed by atoms with Crippen molar-refractivity contribution in [3.8, 4) is 11.3 Å². The van der Waals surface area contributed by atoms with Gasteiger partial charge in [0.15, 0.2) is 0 Å². The zero-order valence-corrected chi connectivity index (χ0v) is 9.64. The third-order valence-electron chi connectivity index (χ3n) is 2.55. The molecule has 0 saturated heterocycles. The zero-order chi connectivity index (χ0) is 13.1.